The van der Waals surface area contributed by atoms with Crippen molar-refractivity contribution in [2.24, 2.45) is 0 Å². The van der Waals surface area contributed by atoms with Gasteiger partial charge in [0.15, 0.2) is 0 Å². The van der Waals surface area contributed by atoms with Crippen LogP contribution in [0, 0.1) is 6.92 Å². The number of hydrogen-bond acceptors (Lipinski definition) is 2. The van der Waals surface area contributed by atoms with Crippen LogP contribution >= 0.6 is 28.3 Å². The minimum Gasteiger partial charge on any atom is -0.336 e. The summed E-state index contributed by atoms with van der Waals surface area (Å²) in [6.07, 6.45) is 0. The lowest BCUT2D eigenvalue weighted by atomic mass is 10.1. The first-order valence-electron chi connectivity index (χ1n) is 5.87. The van der Waals surface area contributed by atoms with E-state index in [2.05, 4.69) is 28.2 Å². The second-order valence-electron chi connectivity index (χ2n) is 4.57. The summed E-state index contributed by atoms with van der Waals surface area (Å²) >= 11 is 3.47. The Balaban J connectivity index is 0.00000162. The molecule has 1 saturated heterocycles. The van der Waals surface area contributed by atoms with Gasteiger partial charge >= 0.3 is 0 Å². The number of carbonyl (C=O) groups is 1. The average Bonchev–Trinajstić information content (AvgIpc) is 2.32. The Labute approximate surface area is 122 Å². The van der Waals surface area contributed by atoms with Gasteiger partial charge in [-0.2, -0.15) is 0 Å². The van der Waals surface area contributed by atoms with E-state index in [-0.39, 0.29) is 18.3 Å². The Morgan fingerprint density at radius 1 is 1.50 bits per heavy atom. The van der Waals surface area contributed by atoms with Gasteiger partial charge in [-0.15, -0.1) is 12.4 Å². The minimum absolute atomic E-state index is 0. The third-order valence-electron chi connectivity index (χ3n) is 3.07. The summed E-state index contributed by atoms with van der Waals surface area (Å²) in [4.78, 5) is 14.2. The quantitative estimate of drug-likeness (QED) is 0.857. The molecule has 1 aliphatic heterocycles. The first kappa shape index (κ1) is 15.5. The van der Waals surface area contributed by atoms with E-state index in [1.54, 1.807) is 0 Å². The minimum atomic E-state index is 0. The van der Waals surface area contributed by atoms with E-state index < -0.39 is 0 Å². The van der Waals surface area contributed by atoms with Gasteiger partial charge in [-0.05, 0) is 31.5 Å². The Morgan fingerprint density at radius 3 is 2.83 bits per heavy atom. The number of hydrogen-bond donors (Lipinski definition) is 1. The molecular formula is C13H18BrClN2O. The van der Waals surface area contributed by atoms with Crippen LogP contribution in [0.1, 0.15) is 22.8 Å². The van der Waals surface area contributed by atoms with E-state index in [0.717, 1.165) is 35.2 Å². The van der Waals surface area contributed by atoms with Gasteiger partial charge in [0, 0.05) is 35.7 Å². The largest absolute Gasteiger partial charge is 0.336 e. The first-order valence-corrected chi connectivity index (χ1v) is 6.66. The average molecular weight is 334 g/mol. The molecular weight excluding hydrogens is 316 g/mol. The van der Waals surface area contributed by atoms with Crippen LogP contribution < -0.4 is 5.32 Å². The van der Waals surface area contributed by atoms with Crippen LogP contribution in [0.2, 0.25) is 0 Å². The van der Waals surface area contributed by atoms with Gasteiger partial charge in [0.2, 0.25) is 0 Å². The maximum atomic E-state index is 12.3. The highest BCUT2D eigenvalue weighted by atomic mass is 79.9. The van der Waals surface area contributed by atoms with Crippen molar-refractivity contribution in [1.82, 2.24) is 10.2 Å². The lowest BCUT2D eigenvalue weighted by Crippen LogP contribution is -2.51. The molecule has 100 valence electrons. The van der Waals surface area contributed by atoms with E-state index in [0.29, 0.717) is 6.04 Å². The molecule has 0 aromatic heterocycles. The van der Waals surface area contributed by atoms with E-state index in [9.17, 15) is 4.79 Å². The zero-order valence-electron chi connectivity index (χ0n) is 10.6. The van der Waals surface area contributed by atoms with Crippen molar-refractivity contribution in [3.8, 4) is 0 Å². The second-order valence-corrected chi connectivity index (χ2v) is 5.42. The van der Waals surface area contributed by atoms with Crippen molar-refractivity contribution >= 4 is 34.2 Å². The van der Waals surface area contributed by atoms with Crippen LogP contribution in [0.15, 0.2) is 22.7 Å². The normalized spacial score (nSPS) is 19.3. The fourth-order valence-electron chi connectivity index (χ4n) is 2.03. The maximum absolute atomic E-state index is 12.3. The highest BCUT2D eigenvalue weighted by molar-refractivity contribution is 9.10. The summed E-state index contributed by atoms with van der Waals surface area (Å²) in [5.41, 5.74) is 1.91. The van der Waals surface area contributed by atoms with Crippen molar-refractivity contribution in [1.29, 1.82) is 0 Å². The summed E-state index contributed by atoms with van der Waals surface area (Å²) in [5.74, 6) is 0.124. The smallest absolute Gasteiger partial charge is 0.253 e. The van der Waals surface area contributed by atoms with E-state index >= 15 is 0 Å². The molecule has 0 spiro atoms. The van der Waals surface area contributed by atoms with Crippen LogP contribution in [0.25, 0.3) is 0 Å². The van der Waals surface area contributed by atoms with Gasteiger partial charge in [0.1, 0.15) is 0 Å². The highest BCUT2D eigenvalue weighted by Crippen LogP contribution is 2.19. The predicted molar refractivity (Wildman–Crippen MR) is 79.5 cm³/mol. The summed E-state index contributed by atoms with van der Waals surface area (Å²) in [5, 5.41) is 3.34. The van der Waals surface area contributed by atoms with Gasteiger partial charge in [-0.25, -0.2) is 0 Å². The zero-order chi connectivity index (χ0) is 12.4. The molecule has 18 heavy (non-hydrogen) atoms. The molecule has 1 atom stereocenters. The molecule has 1 aromatic carbocycles. The molecule has 1 fully saturated rings. The van der Waals surface area contributed by atoms with Gasteiger partial charge in [-0.3, -0.25) is 4.79 Å². The van der Waals surface area contributed by atoms with Crippen molar-refractivity contribution in [3.05, 3.63) is 33.8 Å². The fourth-order valence-corrected chi connectivity index (χ4v) is 2.40. The maximum Gasteiger partial charge on any atom is 0.253 e. The monoisotopic (exact) mass is 332 g/mol. The fraction of sp³-hybridized carbons (Fsp3) is 0.462. The van der Waals surface area contributed by atoms with Crippen molar-refractivity contribution in [2.75, 3.05) is 19.6 Å². The second kappa shape index (κ2) is 6.55. The summed E-state index contributed by atoms with van der Waals surface area (Å²) in [6.45, 7) is 6.56. The number of nitrogens with zero attached hydrogens (tertiary/aromatic N) is 1. The molecule has 1 aromatic rings. The van der Waals surface area contributed by atoms with Gasteiger partial charge in [-0.1, -0.05) is 22.0 Å². The van der Waals surface area contributed by atoms with Gasteiger partial charge < -0.3 is 10.2 Å². The molecule has 2 rings (SSSR count). The summed E-state index contributed by atoms with van der Waals surface area (Å²) < 4.78 is 0.992. The van der Waals surface area contributed by atoms with Crippen LogP contribution in [0.4, 0.5) is 0 Å². The van der Waals surface area contributed by atoms with Crippen LogP contribution in [-0.2, 0) is 0 Å². The molecule has 0 saturated carbocycles. The molecule has 1 aliphatic rings. The number of carbonyl (C=O) groups excluding carboxylic acids is 1. The Kier molecular flexibility index (Phi) is 5.63. The molecule has 1 N–H and O–H groups in total. The molecule has 5 heteroatoms. The SMILES string of the molecule is Cc1ccc(C(=O)N2CCN[C@@H](C)C2)cc1Br.Cl. The predicted octanol–water partition coefficient (Wildman–Crippen LogP) is 2.61. The topological polar surface area (TPSA) is 32.3 Å². The molecule has 1 heterocycles. The number of nitrogens with one attached hydrogen (secondary N) is 1. The van der Waals surface area contributed by atoms with Gasteiger partial charge in [0.05, 0.1) is 0 Å². The van der Waals surface area contributed by atoms with Crippen molar-refractivity contribution in [3.63, 3.8) is 0 Å². The number of halogens is 2. The van der Waals surface area contributed by atoms with Gasteiger partial charge in [0.25, 0.3) is 5.91 Å². The van der Waals surface area contributed by atoms with E-state index in [4.69, 9.17) is 0 Å². The lowest BCUT2D eigenvalue weighted by Gasteiger charge is -2.32. The summed E-state index contributed by atoms with van der Waals surface area (Å²) in [7, 11) is 0. The van der Waals surface area contributed by atoms with E-state index in [1.807, 2.05) is 30.0 Å². The zero-order valence-corrected chi connectivity index (χ0v) is 13.0. The Hall–Kier alpha value is -0.580. The number of aryl methyl sites for hydroxylation is 1. The van der Waals surface area contributed by atoms with E-state index in [1.165, 1.54) is 0 Å². The highest BCUT2D eigenvalue weighted by Gasteiger charge is 2.21. The molecule has 3 nitrogen and oxygen atoms in total. The summed E-state index contributed by atoms with van der Waals surface area (Å²) in [6, 6.07) is 6.16. The van der Waals surface area contributed by atoms with Crippen LogP contribution in [-0.4, -0.2) is 36.5 Å². The first-order chi connectivity index (χ1) is 8.08. The Morgan fingerprint density at radius 2 is 2.22 bits per heavy atom. The number of rotatable bonds is 1. The number of benzene rings is 1. The third kappa shape index (κ3) is 3.46. The van der Waals surface area contributed by atoms with Crippen molar-refractivity contribution < 1.29 is 4.79 Å². The van der Waals surface area contributed by atoms with Crippen molar-refractivity contribution in [2.45, 2.75) is 19.9 Å². The molecule has 0 bridgehead atoms. The number of piperazine rings is 1. The van der Waals surface area contributed by atoms with Crippen LogP contribution in [0.5, 0.6) is 0 Å². The molecule has 1 amide bonds. The lowest BCUT2D eigenvalue weighted by molar-refractivity contribution is 0.0709. The standard InChI is InChI=1S/C13H17BrN2O.ClH/c1-9-3-4-11(7-12(9)14)13(17)16-6-5-15-10(2)8-16;/h3-4,7,10,15H,5-6,8H2,1-2H3;1H/t10-;/m0./s1. The molecule has 0 unspecified atom stereocenters. The third-order valence-corrected chi connectivity index (χ3v) is 3.93. The Bertz CT molecular complexity index is 439. The molecule has 0 aliphatic carbocycles. The molecule has 0 radical (unpaired) electrons. The number of amides is 1. The van der Waals surface area contributed by atoms with Crippen LogP contribution in [0.3, 0.4) is 0 Å².